The summed E-state index contributed by atoms with van der Waals surface area (Å²) in [5.41, 5.74) is 5.76. The zero-order valence-electron chi connectivity index (χ0n) is 6.00. The smallest absolute Gasteiger partial charge is 0.217 e. The second kappa shape index (κ2) is 2.57. The van der Waals surface area contributed by atoms with Crippen molar-refractivity contribution in [1.29, 1.82) is 0 Å². The van der Waals surface area contributed by atoms with Gasteiger partial charge in [0, 0.05) is 19.0 Å². The molecule has 0 fully saturated rings. The number of hydrogen-bond acceptors (Lipinski definition) is 3. The highest BCUT2D eigenvalue weighted by molar-refractivity contribution is 9.10. The van der Waals surface area contributed by atoms with Gasteiger partial charge in [-0.25, -0.2) is 9.67 Å². The van der Waals surface area contributed by atoms with Crippen molar-refractivity contribution in [2.24, 2.45) is 5.73 Å². The first-order valence-electron chi connectivity index (χ1n) is 3.60. The van der Waals surface area contributed by atoms with Crippen molar-refractivity contribution in [2.45, 2.75) is 25.4 Å². The fourth-order valence-electron chi connectivity index (χ4n) is 1.30. The normalized spacial score (nSPS) is 23.3. The summed E-state index contributed by atoms with van der Waals surface area (Å²) in [5.74, 6) is 0.996. The lowest BCUT2D eigenvalue weighted by molar-refractivity contribution is 0.432. The molecule has 2 N–H and O–H groups in total. The molecule has 0 saturated carbocycles. The average molecular weight is 217 g/mol. The van der Waals surface area contributed by atoms with E-state index >= 15 is 0 Å². The van der Waals surface area contributed by atoms with Crippen LogP contribution in [-0.2, 0) is 13.0 Å². The second-order valence-corrected chi connectivity index (χ2v) is 3.48. The SMILES string of the molecule is NC1CCn2nc(Br)nc2C1. The molecule has 0 saturated heterocycles. The maximum atomic E-state index is 5.76. The second-order valence-electron chi connectivity index (χ2n) is 2.77. The monoisotopic (exact) mass is 216 g/mol. The van der Waals surface area contributed by atoms with Crippen molar-refractivity contribution in [1.82, 2.24) is 14.8 Å². The summed E-state index contributed by atoms with van der Waals surface area (Å²) in [6.07, 6.45) is 1.85. The Balaban J connectivity index is 2.34. The molecule has 4 nitrogen and oxygen atoms in total. The van der Waals surface area contributed by atoms with Gasteiger partial charge in [0.25, 0.3) is 0 Å². The summed E-state index contributed by atoms with van der Waals surface area (Å²) in [6, 6.07) is 0.263. The van der Waals surface area contributed by atoms with E-state index in [2.05, 4.69) is 26.0 Å². The van der Waals surface area contributed by atoms with Crippen molar-refractivity contribution in [2.75, 3.05) is 0 Å². The molecule has 0 bridgehead atoms. The lowest BCUT2D eigenvalue weighted by Crippen LogP contribution is -2.31. The Bertz CT molecular complexity index is 270. The first-order chi connectivity index (χ1) is 5.25. The molecule has 0 aromatic carbocycles. The zero-order chi connectivity index (χ0) is 7.84. The fourth-order valence-corrected chi connectivity index (χ4v) is 1.69. The lowest BCUT2D eigenvalue weighted by atomic mass is 10.1. The molecule has 2 heterocycles. The number of nitrogens with two attached hydrogens (primary N) is 1. The molecule has 1 aromatic rings. The van der Waals surface area contributed by atoms with Gasteiger partial charge in [-0.1, -0.05) is 0 Å². The maximum absolute atomic E-state index is 5.76. The van der Waals surface area contributed by atoms with E-state index in [1.165, 1.54) is 0 Å². The first kappa shape index (κ1) is 7.24. The molecule has 1 atom stereocenters. The van der Waals surface area contributed by atoms with Gasteiger partial charge in [-0.3, -0.25) is 0 Å². The predicted molar refractivity (Wildman–Crippen MR) is 44.0 cm³/mol. The van der Waals surface area contributed by atoms with Crippen LogP contribution >= 0.6 is 15.9 Å². The van der Waals surface area contributed by atoms with Gasteiger partial charge < -0.3 is 5.73 Å². The van der Waals surface area contributed by atoms with Gasteiger partial charge >= 0.3 is 0 Å². The Kier molecular flexibility index (Phi) is 1.69. The van der Waals surface area contributed by atoms with Crippen molar-refractivity contribution in [3.05, 3.63) is 10.6 Å². The van der Waals surface area contributed by atoms with Gasteiger partial charge in [0.15, 0.2) is 0 Å². The first-order valence-corrected chi connectivity index (χ1v) is 4.40. The summed E-state index contributed by atoms with van der Waals surface area (Å²) in [6.45, 7) is 0.898. The number of rotatable bonds is 0. The van der Waals surface area contributed by atoms with E-state index < -0.39 is 0 Å². The van der Waals surface area contributed by atoms with Gasteiger partial charge in [0.1, 0.15) is 5.82 Å². The molecule has 1 unspecified atom stereocenters. The van der Waals surface area contributed by atoms with Gasteiger partial charge in [-0.05, 0) is 22.4 Å². The summed E-state index contributed by atoms with van der Waals surface area (Å²) in [7, 11) is 0. The average Bonchev–Trinajstić information content (AvgIpc) is 2.27. The Hall–Kier alpha value is -0.420. The van der Waals surface area contributed by atoms with Crippen molar-refractivity contribution in [3.63, 3.8) is 0 Å². The van der Waals surface area contributed by atoms with Gasteiger partial charge in [-0.2, -0.15) is 0 Å². The minimum absolute atomic E-state index is 0.263. The summed E-state index contributed by atoms with van der Waals surface area (Å²) in [4.78, 5) is 4.19. The van der Waals surface area contributed by atoms with Crippen LogP contribution in [0.15, 0.2) is 4.73 Å². The molecule has 1 aliphatic rings. The Labute approximate surface area is 72.9 Å². The predicted octanol–water partition coefficient (Wildman–Crippen LogP) is 0.314. The van der Waals surface area contributed by atoms with Crippen molar-refractivity contribution < 1.29 is 0 Å². The third kappa shape index (κ3) is 1.30. The summed E-state index contributed by atoms with van der Waals surface area (Å²) < 4.78 is 2.58. The zero-order valence-corrected chi connectivity index (χ0v) is 7.58. The lowest BCUT2D eigenvalue weighted by Gasteiger charge is -2.17. The minimum Gasteiger partial charge on any atom is -0.327 e. The van der Waals surface area contributed by atoms with Crippen LogP contribution in [0.5, 0.6) is 0 Å². The van der Waals surface area contributed by atoms with E-state index in [0.29, 0.717) is 4.73 Å². The van der Waals surface area contributed by atoms with Gasteiger partial charge in [-0.15, -0.1) is 5.10 Å². The quantitative estimate of drug-likeness (QED) is 0.680. The third-order valence-corrected chi connectivity index (χ3v) is 2.21. The fraction of sp³-hybridized carbons (Fsp3) is 0.667. The molecule has 0 spiro atoms. The largest absolute Gasteiger partial charge is 0.327 e. The van der Waals surface area contributed by atoms with Crippen LogP contribution in [0.1, 0.15) is 12.2 Å². The molecule has 2 rings (SSSR count). The van der Waals surface area contributed by atoms with E-state index in [-0.39, 0.29) is 6.04 Å². The highest BCUT2D eigenvalue weighted by Gasteiger charge is 2.17. The van der Waals surface area contributed by atoms with E-state index in [4.69, 9.17) is 5.73 Å². The van der Waals surface area contributed by atoms with Crippen LogP contribution in [0.3, 0.4) is 0 Å². The molecule has 0 amide bonds. The Morgan fingerprint density at radius 1 is 1.64 bits per heavy atom. The number of aromatic nitrogens is 3. The maximum Gasteiger partial charge on any atom is 0.217 e. The number of fused-ring (bicyclic) bond motifs is 1. The van der Waals surface area contributed by atoms with Crippen molar-refractivity contribution in [3.8, 4) is 0 Å². The molecular formula is C6H9BrN4. The number of aryl methyl sites for hydroxylation is 1. The van der Waals surface area contributed by atoms with Crippen LogP contribution < -0.4 is 5.73 Å². The molecule has 1 aliphatic heterocycles. The molecule has 5 heteroatoms. The van der Waals surface area contributed by atoms with E-state index in [9.17, 15) is 0 Å². The highest BCUT2D eigenvalue weighted by atomic mass is 79.9. The molecule has 60 valence electrons. The standard InChI is InChI=1S/C6H9BrN4/c7-6-9-5-3-4(8)1-2-11(5)10-6/h4H,1-3,8H2. The van der Waals surface area contributed by atoms with Gasteiger partial charge in [0.05, 0.1) is 0 Å². The number of halogens is 1. The van der Waals surface area contributed by atoms with Crippen LogP contribution in [0.2, 0.25) is 0 Å². The van der Waals surface area contributed by atoms with E-state index in [1.54, 1.807) is 0 Å². The summed E-state index contributed by atoms with van der Waals surface area (Å²) in [5, 5.41) is 4.15. The molecule has 11 heavy (non-hydrogen) atoms. The van der Waals surface area contributed by atoms with E-state index in [1.807, 2.05) is 4.68 Å². The molecular weight excluding hydrogens is 208 g/mol. The molecule has 0 radical (unpaired) electrons. The number of hydrogen-bond donors (Lipinski definition) is 1. The third-order valence-electron chi connectivity index (χ3n) is 1.88. The van der Waals surface area contributed by atoms with Crippen molar-refractivity contribution >= 4 is 15.9 Å². The van der Waals surface area contributed by atoms with Crippen LogP contribution in [0.25, 0.3) is 0 Å². The molecule has 0 aliphatic carbocycles. The van der Waals surface area contributed by atoms with Crippen LogP contribution in [0, 0.1) is 0 Å². The van der Waals surface area contributed by atoms with E-state index in [0.717, 1.165) is 25.2 Å². The summed E-state index contributed by atoms with van der Waals surface area (Å²) >= 11 is 3.23. The van der Waals surface area contributed by atoms with Gasteiger partial charge in [0.2, 0.25) is 4.73 Å². The highest BCUT2D eigenvalue weighted by Crippen LogP contribution is 2.13. The number of nitrogens with zero attached hydrogens (tertiary/aromatic N) is 3. The Morgan fingerprint density at radius 3 is 3.27 bits per heavy atom. The topological polar surface area (TPSA) is 56.7 Å². The van der Waals surface area contributed by atoms with Crippen LogP contribution in [-0.4, -0.2) is 20.8 Å². The Morgan fingerprint density at radius 2 is 2.45 bits per heavy atom. The van der Waals surface area contributed by atoms with Crippen LogP contribution in [0.4, 0.5) is 0 Å². The molecule has 1 aromatic heterocycles. The minimum atomic E-state index is 0.263.